The number of carbonyl (C=O) groups excluding carboxylic acids is 1. The van der Waals surface area contributed by atoms with Gasteiger partial charge in [-0.25, -0.2) is 0 Å². The molecule has 0 spiro atoms. The number of hydrogen-bond donors (Lipinski definition) is 2. The smallest absolute Gasteiger partial charge is 0.238 e. The minimum absolute atomic E-state index is 0. The lowest BCUT2D eigenvalue weighted by Crippen LogP contribution is -2.45. The van der Waals surface area contributed by atoms with E-state index in [9.17, 15) is 4.79 Å². The summed E-state index contributed by atoms with van der Waals surface area (Å²) < 4.78 is 0. The quantitative estimate of drug-likeness (QED) is 0.827. The van der Waals surface area contributed by atoms with Crippen LogP contribution in [0.5, 0.6) is 0 Å². The fourth-order valence-electron chi connectivity index (χ4n) is 3.34. The van der Waals surface area contributed by atoms with E-state index >= 15 is 0 Å². The lowest BCUT2D eigenvalue weighted by Gasteiger charge is -2.32. The molecule has 1 heterocycles. The summed E-state index contributed by atoms with van der Waals surface area (Å²) >= 11 is 0. The predicted octanol–water partition coefficient (Wildman–Crippen LogP) is 3.13. The van der Waals surface area contributed by atoms with Gasteiger partial charge in [-0.05, 0) is 63.1 Å². The van der Waals surface area contributed by atoms with Crippen molar-refractivity contribution in [1.29, 1.82) is 0 Å². The molecule has 2 fully saturated rings. The summed E-state index contributed by atoms with van der Waals surface area (Å²) in [5.41, 5.74) is 3.22. The van der Waals surface area contributed by atoms with Crippen molar-refractivity contribution in [3.8, 4) is 0 Å². The molecule has 1 saturated heterocycles. The van der Waals surface area contributed by atoms with Crippen LogP contribution in [0.15, 0.2) is 18.2 Å². The summed E-state index contributed by atoms with van der Waals surface area (Å²) in [7, 11) is 0. The van der Waals surface area contributed by atoms with Gasteiger partial charge in [0.1, 0.15) is 0 Å². The molecular weight excluding hydrogens is 322 g/mol. The second-order valence-corrected chi connectivity index (χ2v) is 7.22. The molecule has 134 valence electrons. The van der Waals surface area contributed by atoms with Crippen molar-refractivity contribution in [1.82, 2.24) is 10.2 Å². The molecule has 0 aromatic heterocycles. The zero-order chi connectivity index (χ0) is 16.2. The maximum Gasteiger partial charge on any atom is 0.238 e. The Morgan fingerprint density at radius 1 is 1.12 bits per heavy atom. The average Bonchev–Trinajstić information content (AvgIpc) is 3.35. The lowest BCUT2D eigenvalue weighted by atomic mass is 10.0. The first-order valence-electron chi connectivity index (χ1n) is 8.93. The van der Waals surface area contributed by atoms with Gasteiger partial charge in [-0.1, -0.05) is 18.2 Å². The summed E-state index contributed by atoms with van der Waals surface area (Å²) in [5, 5.41) is 6.77. The molecule has 4 nitrogen and oxygen atoms in total. The summed E-state index contributed by atoms with van der Waals surface area (Å²) in [4.78, 5) is 14.6. The molecule has 2 aliphatic rings. The van der Waals surface area contributed by atoms with Crippen molar-refractivity contribution in [2.75, 3.05) is 31.5 Å². The molecule has 24 heavy (non-hydrogen) atoms. The molecular formula is C19H30ClN3O. The number of carbonyl (C=O) groups is 1. The van der Waals surface area contributed by atoms with Gasteiger partial charge >= 0.3 is 0 Å². The highest BCUT2D eigenvalue weighted by molar-refractivity contribution is 5.93. The van der Waals surface area contributed by atoms with Crippen LogP contribution in [0, 0.1) is 19.8 Å². The Hall–Kier alpha value is -1.10. The number of amides is 1. The molecule has 1 saturated carbocycles. The fraction of sp³-hybridized carbons (Fsp3) is 0.632. The molecule has 5 heteroatoms. The van der Waals surface area contributed by atoms with E-state index in [0.717, 1.165) is 48.7 Å². The van der Waals surface area contributed by atoms with Crippen molar-refractivity contribution < 1.29 is 4.79 Å². The SMILES string of the molecule is Cc1cccc(C)c1NC(=O)CN1CCC(NCC2CC2)CC1.Cl. The highest BCUT2D eigenvalue weighted by atomic mass is 35.5. The molecule has 0 bridgehead atoms. The lowest BCUT2D eigenvalue weighted by molar-refractivity contribution is -0.117. The predicted molar refractivity (Wildman–Crippen MR) is 102 cm³/mol. The van der Waals surface area contributed by atoms with Crippen LogP contribution in [-0.2, 0) is 4.79 Å². The molecule has 1 aliphatic heterocycles. The number of rotatable bonds is 6. The summed E-state index contributed by atoms with van der Waals surface area (Å²) in [6.07, 6.45) is 5.13. The number of piperidine rings is 1. The van der Waals surface area contributed by atoms with E-state index in [1.807, 2.05) is 32.0 Å². The number of hydrogen-bond acceptors (Lipinski definition) is 3. The van der Waals surface area contributed by atoms with Gasteiger partial charge in [0.25, 0.3) is 0 Å². The van der Waals surface area contributed by atoms with Crippen molar-refractivity contribution in [3.05, 3.63) is 29.3 Å². The number of nitrogens with zero attached hydrogens (tertiary/aromatic N) is 1. The second-order valence-electron chi connectivity index (χ2n) is 7.22. The average molecular weight is 352 g/mol. The second kappa shape index (κ2) is 8.84. The van der Waals surface area contributed by atoms with E-state index in [1.54, 1.807) is 0 Å². The molecule has 0 atom stereocenters. The number of halogens is 1. The van der Waals surface area contributed by atoms with Gasteiger partial charge in [-0.15, -0.1) is 12.4 Å². The van der Waals surface area contributed by atoms with Gasteiger partial charge in [0.05, 0.1) is 6.54 Å². The molecule has 1 aromatic carbocycles. The number of benzene rings is 1. The Labute approximate surface area is 151 Å². The van der Waals surface area contributed by atoms with Crippen LogP contribution in [0.1, 0.15) is 36.8 Å². The molecule has 1 aliphatic carbocycles. The van der Waals surface area contributed by atoms with Gasteiger partial charge in [0.15, 0.2) is 0 Å². The van der Waals surface area contributed by atoms with Gasteiger partial charge in [-0.2, -0.15) is 0 Å². The minimum Gasteiger partial charge on any atom is -0.324 e. The standard InChI is InChI=1S/C19H29N3O.ClH/c1-14-4-3-5-15(2)19(14)21-18(23)13-22-10-8-17(9-11-22)20-12-16-6-7-16;/h3-5,16-17,20H,6-13H2,1-2H3,(H,21,23);1H. The van der Waals surface area contributed by atoms with Crippen LogP contribution >= 0.6 is 12.4 Å². The van der Waals surface area contributed by atoms with Gasteiger partial charge in [0, 0.05) is 24.8 Å². The van der Waals surface area contributed by atoms with Gasteiger partial charge < -0.3 is 10.6 Å². The van der Waals surface area contributed by atoms with E-state index < -0.39 is 0 Å². The maximum atomic E-state index is 12.3. The summed E-state index contributed by atoms with van der Waals surface area (Å²) in [6.45, 7) is 7.81. The number of likely N-dealkylation sites (tertiary alicyclic amines) is 1. The van der Waals surface area contributed by atoms with Crippen LogP contribution in [0.25, 0.3) is 0 Å². The van der Waals surface area contributed by atoms with E-state index in [-0.39, 0.29) is 18.3 Å². The first-order valence-corrected chi connectivity index (χ1v) is 8.93. The van der Waals surface area contributed by atoms with Crippen LogP contribution in [-0.4, -0.2) is 43.0 Å². The van der Waals surface area contributed by atoms with Crippen molar-refractivity contribution >= 4 is 24.0 Å². The zero-order valence-electron chi connectivity index (χ0n) is 14.8. The fourth-order valence-corrected chi connectivity index (χ4v) is 3.34. The maximum absolute atomic E-state index is 12.3. The third-order valence-electron chi connectivity index (χ3n) is 5.09. The summed E-state index contributed by atoms with van der Waals surface area (Å²) in [6, 6.07) is 6.76. The Balaban J connectivity index is 0.00000208. The summed E-state index contributed by atoms with van der Waals surface area (Å²) in [5.74, 6) is 1.04. The van der Waals surface area contributed by atoms with E-state index in [2.05, 4.69) is 15.5 Å². The number of aryl methyl sites for hydroxylation is 2. The Bertz CT molecular complexity index is 531. The molecule has 3 rings (SSSR count). The zero-order valence-corrected chi connectivity index (χ0v) is 15.6. The molecule has 0 radical (unpaired) electrons. The first-order chi connectivity index (χ1) is 11.1. The van der Waals surface area contributed by atoms with Crippen LogP contribution in [0.3, 0.4) is 0 Å². The number of anilines is 1. The third kappa shape index (κ3) is 5.47. The highest BCUT2D eigenvalue weighted by Crippen LogP contribution is 2.28. The first kappa shape index (κ1) is 19.2. The number of nitrogens with one attached hydrogen (secondary N) is 2. The molecule has 2 N–H and O–H groups in total. The third-order valence-corrected chi connectivity index (χ3v) is 5.09. The normalized spacial score (nSPS) is 18.9. The van der Waals surface area contributed by atoms with Gasteiger partial charge in [-0.3, -0.25) is 9.69 Å². The van der Waals surface area contributed by atoms with Crippen molar-refractivity contribution in [2.24, 2.45) is 5.92 Å². The van der Waals surface area contributed by atoms with Crippen molar-refractivity contribution in [3.63, 3.8) is 0 Å². The largest absolute Gasteiger partial charge is 0.324 e. The topological polar surface area (TPSA) is 44.4 Å². The Morgan fingerprint density at radius 3 is 2.33 bits per heavy atom. The van der Waals surface area contributed by atoms with E-state index in [4.69, 9.17) is 0 Å². The molecule has 1 aromatic rings. The molecule has 1 amide bonds. The van der Waals surface area contributed by atoms with E-state index in [1.165, 1.54) is 19.4 Å². The minimum atomic E-state index is 0. The Morgan fingerprint density at radius 2 is 1.75 bits per heavy atom. The monoisotopic (exact) mass is 351 g/mol. The van der Waals surface area contributed by atoms with Gasteiger partial charge in [0.2, 0.25) is 5.91 Å². The van der Waals surface area contributed by atoms with Crippen LogP contribution in [0.2, 0.25) is 0 Å². The number of para-hydroxylation sites is 1. The van der Waals surface area contributed by atoms with Crippen LogP contribution in [0.4, 0.5) is 5.69 Å². The Kier molecular flexibility index (Phi) is 7.08. The van der Waals surface area contributed by atoms with Crippen LogP contribution < -0.4 is 10.6 Å². The molecule has 0 unspecified atom stereocenters. The van der Waals surface area contributed by atoms with Crippen molar-refractivity contribution in [2.45, 2.75) is 45.6 Å². The highest BCUT2D eigenvalue weighted by Gasteiger charge is 2.25. The van der Waals surface area contributed by atoms with E-state index in [0.29, 0.717) is 12.6 Å².